The first-order chi connectivity index (χ1) is 15.4. The molecule has 2 N–H and O–H groups in total. The molecule has 5 fully saturated rings. The molecule has 0 aliphatic heterocycles. The van der Waals surface area contributed by atoms with Gasteiger partial charge in [-0.2, -0.15) is 0 Å². The molecule has 33 heavy (non-hydrogen) atoms. The fourth-order valence-electron chi connectivity index (χ4n) is 11.2. The number of carboxylic acid groups (broad SMARTS) is 1. The highest BCUT2D eigenvalue weighted by atomic mass is 16.4. The molecule has 0 aromatic carbocycles. The Morgan fingerprint density at radius 1 is 0.939 bits per heavy atom. The first-order valence-corrected chi connectivity index (χ1v) is 13.9. The van der Waals surface area contributed by atoms with Crippen LogP contribution in [0.5, 0.6) is 0 Å². The minimum Gasteiger partial charge on any atom is -0.478 e. The molecule has 5 rings (SSSR count). The zero-order valence-corrected chi connectivity index (χ0v) is 22.0. The van der Waals surface area contributed by atoms with Crippen molar-refractivity contribution in [2.75, 3.05) is 0 Å². The van der Waals surface area contributed by atoms with Crippen LogP contribution in [-0.4, -0.2) is 22.3 Å². The number of aliphatic carboxylic acids is 1. The Labute approximate surface area is 201 Å². The van der Waals surface area contributed by atoms with Gasteiger partial charge in [0.2, 0.25) is 0 Å². The maximum absolute atomic E-state index is 11.2. The molecule has 3 nitrogen and oxygen atoms in total. The number of allylic oxidation sites excluding steroid dienone is 1. The summed E-state index contributed by atoms with van der Waals surface area (Å²) in [7, 11) is 0. The lowest BCUT2D eigenvalue weighted by atomic mass is 9.41. The van der Waals surface area contributed by atoms with Crippen LogP contribution in [0.3, 0.4) is 0 Å². The van der Waals surface area contributed by atoms with Gasteiger partial charge in [0, 0.05) is 5.57 Å². The third-order valence-electron chi connectivity index (χ3n) is 13.3. The highest BCUT2D eigenvalue weighted by molar-refractivity contribution is 5.85. The fourth-order valence-corrected chi connectivity index (χ4v) is 11.2. The second-order valence-corrected chi connectivity index (χ2v) is 14.3. The van der Waals surface area contributed by atoms with Gasteiger partial charge in [-0.3, -0.25) is 0 Å². The van der Waals surface area contributed by atoms with E-state index in [4.69, 9.17) is 0 Å². The molecule has 0 heterocycles. The average molecular weight is 457 g/mol. The summed E-state index contributed by atoms with van der Waals surface area (Å²) in [6.45, 7) is 14.2. The Balaban J connectivity index is 1.37. The zero-order chi connectivity index (χ0) is 24.0. The van der Waals surface area contributed by atoms with Crippen LogP contribution in [0.2, 0.25) is 0 Å². The predicted molar refractivity (Wildman–Crippen MR) is 133 cm³/mol. The Hall–Kier alpha value is -0.830. The number of aliphatic hydroxyl groups is 1. The van der Waals surface area contributed by atoms with Crippen molar-refractivity contribution in [1.82, 2.24) is 0 Å². The van der Waals surface area contributed by atoms with Crippen LogP contribution in [0.1, 0.15) is 112 Å². The maximum Gasteiger partial charge on any atom is 0.330 e. The van der Waals surface area contributed by atoms with E-state index in [0.29, 0.717) is 39.1 Å². The number of fused-ring (bicyclic) bond motifs is 2. The molecule has 0 bridgehead atoms. The fraction of sp³-hybridized carbons (Fsp3) is 0.900. The maximum atomic E-state index is 11.2. The molecule has 0 saturated heterocycles. The lowest BCUT2D eigenvalue weighted by Gasteiger charge is -2.63. The van der Waals surface area contributed by atoms with Crippen LogP contribution in [-0.2, 0) is 4.79 Å². The van der Waals surface area contributed by atoms with Crippen LogP contribution in [0.15, 0.2) is 11.6 Å². The zero-order valence-electron chi connectivity index (χ0n) is 22.0. The van der Waals surface area contributed by atoms with E-state index in [9.17, 15) is 15.0 Å². The molecule has 5 aliphatic carbocycles. The van der Waals surface area contributed by atoms with Crippen molar-refractivity contribution in [1.29, 1.82) is 0 Å². The number of carboxylic acids is 1. The molecule has 9 atom stereocenters. The van der Waals surface area contributed by atoms with E-state index in [2.05, 4.69) is 34.6 Å². The van der Waals surface area contributed by atoms with Gasteiger partial charge in [-0.1, -0.05) is 40.7 Å². The monoisotopic (exact) mass is 456 g/mol. The SMILES string of the molecule is C/C(=C/CC[C@@H](C)[C@H]1CC[C@@]2(C)[C@H]3CC[C@@H]4C(C)(C)[C@@H](O)CC[C@@]45C[C@@]35CC[C@]12C)C(=O)O. The summed E-state index contributed by atoms with van der Waals surface area (Å²) in [4.78, 5) is 11.2. The predicted octanol–water partition coefficient (Wildman–Crippen LogP) is 7.23. The summed E-state index contributed by atoms with van der Waals surface area (Å²) >= 11 is 0. The first kappa shape index (κ1) is 23.9. The molecule has 2 spiro atoms. The molecule has 0 amide bonds. The molecule has 0 aromatic rings. The number of hydrogen-bond donors (Lipinski definition) is 2. The second-order valence-electron chi connectivity index (χ2n) is 14.3. The van der Waals surface area contributed by atoms with Crippen molar-refractivity contribution >= 4 is 5.97 Å². The third-order valence-corrected chi connectivity index (χ3v) is 13.3. The van der Waals surface area contributed by atoms with Crippen molar-refractivity contribution < 1.29 is 15.0 Å². The second kappa shape index (κ2) is 7.34. The number of rotatable bonds is 5. The van der Waals surface area contributed by atoms with E-state index in [1.807, 2.05) is 6.08 Å². The molecule has 0 unspecified atom stereocenters. The third kappa shape index (κ3) is 2.93. The van der Waals surface area contributed by atoms with Gasteiger partial charge < -0.3 is 10.2 Å². The minimum atomic E-state index is -0.784. The molecule has 0 radical (unpaired) electrons. The van der Waals surface area contributed by atoms with E-state index >= 15 is 0 Å². The largest absolute Gasteiger partial charge is 0.478 e. The number of carbonyl (C=O) groups is 1. The van der Waals surface area contributed by atoms with E-state index < -0.39 is 5.97 Å². The smallest absolute Gasteiger partial charge is 0.330 e. The molecule has 5 aliphatic rings. The van der Waals surface area contributed by atoms with Crippen molar-refractivity contribution in [3.63, 3.8) is 0 Å². The Kier molecular flexibility index (Phi) is 5.31. The van der Waals surface area contributed by atoms with Gasteiger partial charge >= 0.3 is 5.97 Å². The minimum absolute atomic E-state index is 0.0721. The summed E-state index contributed by atoms with van der Waals surface area (Å²) in [5.74, 6) is 2.19. The van der Waals surface area contributed by atoms with Gasteiger partial charge in [0.05, 0.1) is 6.10 Å². The summed E-state index contributed by atoms with van der Waals surface area (Å²) < 4.78 is 0. The molecule has 5 saturated carbocycles. The molecular formula is C30H48O3. The normalized spacial score (nSPS) is 51.1. The van der Waals surface area contributed by atoms with Crippen molar-refractivity contribution in [3.05, 3.63) is 11.6 Å². The van der Waals surface area contributed by atoms with Gasteiger partial charge in [0.15, 0.2) is 0 Å². The summed E-state index contributed by atoms with van der Waals surface area (Å²) in [5, 5.41) is 20.0. The van der Waals surface area contributed by atoms with Gasteiger partial charge in [-0.05, 0) is 128 Å². The van der Waals surface area contributed by atoms with Crippen LogP contribution in [0, 0.1) is 50.7 Å². The van der Waals surface area contributed by atoms with Crippen LogP contribution < -0.4 is 0 Å². The van der Waals surface area contributed by atoms with Crippen LogP contribution in [0.25, 0.3) is 0 Å². The van der Waals surface area contributed by atoms with Gasteiger partial charge in [0.25, 0.3) is 0 Å². The molecular weight excluding hydrogens is 408 g/mol. The van der Waals surface area contributed by atoms with Crippen LogP contribution in [0.4, 0.5) is 0 Å². The van der Waals surface area contributed by atoms with Crippen molar-refractivity contribution in [2.45, 2.75) is 118 Å². The lowest BCUT2D eigenvalue weighted by molar-refractivity contribution is -0.161. The van der Waals surface area contributed by atoms with Crippen molar-refractivity contribution in [2.24, 2.45) is 50.7 Å². The molecule has 186 valence electrons. The first-order valence-electron chi connectivity index (χ1n) is 13.9. The summed E-state index contributed by atoms with van der Waals surface area (Å²) in [6, 6.07) is 0. The topological polar surface area (TPSA) is 57.5 Å². The van der Waals surface area contributed by atoms with Crippen LogP contribution >= 0.6 is 0 Å². The molecule has 3 heteroatoms. The Bertz CT molecular complexity index is 859. The highest BCUT2D eigenvalue weighted by Gasteiger charge is 2.82. The summed E-state index contributed by atoms with van der Waals surface area (Å²) in [5.41, 5.74) is 2.48. The van der Waals surface area contributed by atoms with Crippen molar-refractivity contribution in [3.8, 4) is 0 Å². The lowest BCUT2D eigenvalue weighted by Crippen LogP contribution is -2.57. The van der Waals surface area contributed by atoms with E-state index in [-0.39, 0.29) is 11.5 Å². The highest BCUT2D eigenvalue weighted by Crippen LogP contribution is 2.89. The van der Waals surface area contributed by atoms with Gasteiger partial charge in [0.1, 0.15) is 0 Å². The van der Waals surface area contributed by atoms with E-state index in [0.717, 1.165) is 31.1 Å². The van der Waals surface area contributed by atoms with Gasteiger partial charge in [-0.15, -0.1) is 0 Å². The van der Waals surface area contributed by atoms with E-state index in [1.165, 1.54) is 51.4 Å². The van der Waals surface area contributed by atoms with Gasteiger partial charge in [-0.25, -0.2) is 4.79 Å². The Morgan fingerprint density at radius 2 is 1.61 bits per heavy atom. The van der Waals surface area contributed by atoms with E-state index in [1.54, 1.807) is 6.92 Å². The number of aliphatic hydroxyl groups excluding tert-OH is 1. The standard InChI is InChI=1S/C30H48O3/c1-19(8-7-9-20(2)25(32)33)21-12-14-28(6)23-11-10-22-26(3,4)24(31)13-15-29(22)18-30(23,29)17-16-27(21,28)5/h9,19,21-24,31H,7-8,10-18H2,1-6H3,(H,32,33)/b20-9-/t19-,21-,22-,23-,24+,27-,28+,29-,30+/m1/s1. The Morgan fingerprint density at radius 3 is 2.30 bits per heavy atom. The molecule has 0 aromatic heterocycles. The average Bonchev–Trinajstić information content (AvgIpc) is 3.33. The number of hydrogen-bond acceptors (Lipinski definition) is 2. The quantitative estimate of drug-likeness (QED) is 0.429. The summed E-state index contributed by atoms with van der Waals surface area (Å²) in [6.07, 6.45) is 15.7.